The van der Waals surface area contributed by atoms with Gasteiger partial charge in [0.05, 0.1) is 13.0 Å². The molecule has 22 heavy (non-hydrogen) atoms. The second-order valence-corrected chi connectivity index (χ2v) is 4.81. The summed E-state index contributed by atoms with van der Waals surface area (Å²) in [5, 5.41) is 6.28. The van der Waals surface area contributed by atoms with E-state index in [0.717, 1.165) is 18.7 Å². The summed E-state index contributed by atoms with van der Waals surface area (Å²) < 4.78 is 12.5. The highest BCUT2D eigenvalue weighted by Gasteiger charge is 2.05. The van der Waals surface area contributed by atoms with E-state index >= 15 is 0 Å². The lowest BCUT2D eigenvalue weighted by atomic mass is 10.3. The number of aromatic nitrogens is 3. The molecule has 0 radical (unpaired) electrons. The fraction of sp³-hybridized carbons (Fsp3) is 0.467. The summed E-state index contributed by atoms with van der Waals surface area (Å²) in [6, 6.07) is 3.81. The lowest BCUT2D eigenvalue weighted by Gasteiger charge is -2.06. The van der Waals surface area contributed by atoms with Gasteiger partial charge >= 0.3 is 0 Å². The first-order valence-corrected chi connectivity index (χ1v) is 7.42. The Hall–Kier alpha value is -2.44. The van der Waals surface area contributed by atoms with Crippen molar-refractivity contribution >= 4 is 5.91 Å². The van der Waals surface area contributed by atoms with Crippen molar-refractivity contribution in [2.24, 2.45) is 0 Å². The van der Waals surface area contributed by atoms with Crippen molar-refractivity contribution in [2.75, 3.05) is 13.2 Å². The number of aryl methyl sites for hydroxylation is 1. The highest BCUT2D eigenvalue weighted by Crippen LogP contribution is 2.06. The Morgan fingerprint density at radius 2 is 2.23 bits per heavy atom. The van der Waals surface area contributed by atoms with Crippen LogP contribution in [0.1, 0.15) is 25.7 Å². The van der Waals surface area contributed by atoms with E-state index in [1.807, 2.05) is 24.5 Å². The molecule has 0 aliphatic rings. The maximum Gasteiger partial charge on any atom is 0.228 e. The first-order chi connectivity index (χ1) is 10.8. The van der Waals surface area contributed by atoms with Gasteiger partial charge < -0.3 is 14.6 Å². The van der Waals surface area contributed by atoms with Crippen LogP contribution in [0.5, 0.6) is 5.75 Å². The molecule has 0 aromatic carbocycles. The van der Waals surface area contributed by atoms with Crippen LogP contribution in [0, 0.1) is 0 Å². The monoisotopic (exact) mass is 305 g/mol. The molecule has 0 bridgehead atoms. The molecule has 0 saturated heterocycles. The molecular weight excluding hydrogens is 284 g/mol. The lowest BCUT2D eigenvalue weighted by Crippen LogP contribution is -2.32. The summed E-state index contributed by atoms with van der Waals surface area (Å²) in [5.74, 6) is 1.23. The highest BCUT2D eigenvalue weighted by molar-refractivity contribution is 5.75. The van der Waals surface area contributed by atoms with Crippen LogP contribution in [-0.4, -0.2) is 29.2 Å². The minimum atomic E-state index is -0.0588. The molecule has 1 N–H and O–H groups in total. The van der Waals surface area contributed by atoms with Gasteiger partial charge in [0.25, 0.3) is 0 Å². The van der Waals surface area contributed by atoms with E-state index < -0.39 is 0 Å². The second kappa shape index (κ2) is 8.76. The Bertz CT molecular complexity index is 555. The number of hydrogen-bond donors (Lipinski definition) is 1. The first-order valence-electron chi connectivity index (χ1n) is 7.42. The van der Waals surface area contributed by atoms with E-state index in [1.165, 1.54) is 6.33 Å². The van der Waals surface area contributed by atoms with E-state index in [1.54, 1.807) is 0 Å². The maximum atomic E-state index is 11.6. The molecule has 0 saturated carbocycles. The van der Waals surface area contributed by atoms with Crippen molar-refractivity contribution in [1.82, 2.24) is 15.5 Å². The van der Waals surface area contributed by atoms with Crippen LogP contribution in [0.4, 0.5) is 0 Å². The fourth-order valence-corrected chi connectivity index (χ4v) is 1.91. The number of nitrogens with one attached hydrogen (secondary N) is 1. The molecule has 0 aliphatic carbocycles. The molecule has 2 aromatic heterocycles. The summed E-state index contributed by atoms with van der Waals surface area (Å²) in [7, 11) is 0. The van der Waals surface area contributed by atoms with Crippen LogP contribution in [0.2, 0.25) is 0 Å². The molecule has 0 spiro atoms. The molecule has 118 valence electrons. The van der Waals surface area contributed by atoms with Crippen LogP contribution >= 0.6 is 0 Å². The molecule has 2 rings (SSSR count). The lowest BCUT2D eigenvalue weighted by molar-refractivity contribution is -0.697. The van der Waals surface area contributed by atoms with E-state index in [4.69, 9.17) is 9.26 Å². The average Bonchev–Trinajstić information content (AvgIpc) is 3.03. The second-order valence-electron chi connectivity index (χ2n) is 4.81. The molecule has 0 fully saturated rings. The number of ether oxygens (including phenoxy) is 1. The SMILES string of the molecule is CCC[n+]1ccc(OCCC(=O)NCCc2ncno2)cc1. The predicted molar refractivity (Wildman–Crippen MR) is 78.1 cm³/mol. The van der Waals surface area contributed by atoms with Crippen LogP contribution in [-0.2, 0) is 17.8 Å². The van der Waals surface area contributed by atoms with Crippen LogP contribution in [0.3, 0.4) is 0 Å². The summed E-state index contributed by atoms with van der Waals surface area (Å²) in [4.78, 5) is 15.5. The van der Waals surface area contributed by atoms with Gasteiger partial charge in [-0.05, 0) is 0 Å². The molecule has 1 amide bonds. The molecule has 0 aliphatic heterocycles. The average molecular weight is 305 g/mol. The number of rotatable bonds is 9. The summed E-state index contributed by atoms with van der Waals surface area (Å²) in [6.07, 6.45) is 7.23. The van der Waals surface area contributed by atoms with Crippen molar-refractivity contribution in [2.45, 2.75) is 32.7 Å². The van der Waals surface area contributed by atoms with E-state index in [9.17, 15) is 4.79 Å². The van der Waals surface area contributed by atoms with Crippen molar-refractivity contribution in [1.29, 1.82) is 0 Å². The Balaban J connectivity index is 1.60. The van der Waals surface area contributed by atoms with Gasteiger partial charge in [0.2, 0.25) is 11.8 Å². The van der Waals surface area contributed by atoms with Gasteiger partial charge in [-0.3, -0.25) is 4.79 Å². The van der Waals surface area contributed by atoms with Crippen molar-refractivity contribution in [3.05, 3.63) is 36.7 Å². The van der Waals surface area contributed by atoms with Crippen molar-refractivity contribution in [3.63, 3.8) is 0 Å². The zero-order valence-electron chi connectivity index (χ0n) is 12.7. The van der Waals surface area contributed by atoms with E-state index in [0.29, 0.717) is 31.9 Å². The van der Waals surface area contributed by atoms with E-state index in [-0.39, 0.29) is 5.91 Å². The number of amides is 1. The molecule has 2 heterocycles. The number of nitrogens with zero attached hydrogens (tertiary/aromatic N) is 3. The van der Waals surface area contributed by atoms with Gasteiger partial charge in [0.1, 0.15) is 12.3 Å². The third-order valence-corrected chi connectivity index (χ3v) is 3.01. The minimum Gasteiger partial charge on any atom is -0.493 e. The summed E-state index contributed by atoms with van der Waals surface area (Å²) >= 11 is 0. The van der Waals surface area contributed by atoms with Gasteiger partial charge in [-0.1, -0.05) is 12.1 Å². The molecule has 0 unspecified atom stereocenters. The standard InChI is InChI=1S/C15H20N4O3/c1-2-8-19-9-4-13(5-10-19)21-11-6-14(20)16-7-3-15-17-12-18-22-15/h4-5,9-10,12H,2-3,6-8,11H2,1H3/p+1. The number of carbonyl (C=O) groups is 1. The third-order valence-electron chi connectivity index (χ3n) is 3.01. The first kappa shape index (κ1) is 15.9. The minimum absolute atomic E-state index is 0.0588. The molecule has 2 aromatic rings. The molecular formula is C15H21N4O3+. The highest BCUT2D eigenvalue weighted by atomic mass is 16.5. The van der Waals surface area contributed by atoms with Gasteiger partial charge in [0.15, 0.2) is 18.7 Å². The predicted octanol–water partition coefficient (Wildman–Crippen LogP) is 0.895. The maximum absolute atomic E-state index is 11.6. The summed E-state index contributed by atoms with van der Waals surface area (Å²) in [6.45, 7) is 3.95. The topological polar surface area (TPSA) is 81.1 Å². The van der Waals surface area contributed by atoms with Gasteiger partial charge in [0, 0.05) is 31.5 Å². The largest absolute Gasteiger partial charge is 0.493 e. The number of hydrogen-bond acceptors (Lipinski definition) is 5. The molecule has 0 atom stereocenters. The smallest absolute Gasteiger partial charge is 0.228 e. The molecule has 7 heteroatoms. The zero-order chi connectivity index (χ0) is 15.6. The summed E-state index contributed by atoms with van der Waals surface area (Å²) in [5.41, 5.74) is 0. The van der Waals surface area contributed by atoms with E-state index in [2.05, 4.69) is 26.9 Å². The quantitative estimate of drug-likeness (QED) is 0.696. The normalized spacial score (nSPS) is 10.4. The number of carbonyl (C=O) groups excluding carboxylic acids is 1. The van der Waals surface area contributed by atoms with Gasteiger partial charge in [-0.25, -0.2) is 4.57 Å². The van der Waals surface area contributed by atoms with Crippen LogP contribution in [0.15, 0.2) is 35.4 Å². The van der Waals surface area contributed by atoms with Gasteiger partial charge in [-0.2, -0.15) is 4.98 Å². The Labute approximate surface area is 129 Å². The number of pyridine rings is 1. The van der Waals surface area contributed by atoms with Crippen molar-refractivity contribution < 1.29 is 18.6 Å². The fourth-order valence-electron chi connectivity index (χ4n) is 1.91. The molecule has 7 nitrogen and oxygen atoms in total. The van der Waals surface area contributed by atoms with Crippen LogP contribution in [0.25, 0.3) is 0 Å². The van der Waals surface area contributed by atoms with Gasteiger partial charge in [-0.15, -0.1) is 0 Å². The van der Waals surface area contributed by atoms with Crippen LogP contribution < -0.4 is 14.6 Å². The zero-order valence-corrected chi connectivity index (χ0v) is 12.7. The Morgan fingerprint density at radius 1 is 1.41 bits per heavy atom. The Kier molecular flexibility index (Phi) is 6.35. The van der Waals surface area contributed by atoms with Crippen molar-refractivity contribution in [3.8, 4) is 5.75 Å². The Morgan fingerprint density at radius 3 is 2.91 bits per heavy atom. The third kappa shape index (κ3) is 5.51.